The molecule has 2 rings (SSSR count). The van der Waals surface area contributed by atoms with Crippen LogP contribution in [0.2, 0.25) is 0 Å². The van der Waals surface area contributed by atoms with Gasteiger partial charge in [0.05, 0.1) is 0 Å². The molecule has 88 valence electrons. The van der Waals surface area contributed by atoms with E-state index in [2.05, 4.69) is 20.6 Å². The summed E-state index contributed by atoms with van der Waals surface area (Å²) in [4.78, 5) is 8.57. The third-order valence-electron chi connectivity index (χ3n) is 2.76. The van der Waals surface area contributed by atoms with E-state index < -0.39 is 0 Å². The number of hydrogen-bond donors (Lipinski definition) is 2. The van der Waals surface area contributed by atoms with Gasteiger partial charge in [-0.15, -0.1) is 0 Å². The second-order valence-corrected chi connectivity index (χ2v) is 4.01. The van der Waals surface area contributed by atoms with E-state index in [4.69, 9.17) is 4.74 Å². The van der Waals surface area contributed by atoms with E-state index in [-0.39, 0.29) is 0 Å². The van der Waals surface area contributed by atoms with Gasteiger partial charge in [0, 0.05) is 38.1 Å². The number of anilines is 2. The fraction of sp³-hybridized carbons (Fsp3) is 0.636. The molecular formula is C11H18N4O. The summed E-state index contributed by atoms with van der Waals surface area (Å²) in [5.41, 5.74) is 1.07. The first-order valence-electron chi connectivity index (χ1n) is 5.65. The van der Waals surface area contributed by atoms with Crippen LogP contribution in [0.25, 0.3) is 0 Å². The highest BCUT2D eigenvalue weighted by Crippen LogP contribution is 2.17. The van der Waals surface area contributed by atoms with Gasteiger partial charge in [0.15, 0.2) is 0 Å². The Morgan fingerprint density at radius 3 is 2.81 bits per heavy atom. The summed E-state index contributed by atoms with van der Waals surface area (Å²) in [5, 5.41) is 6.40. The van der Waals surface area contributed by atoms with E-state index in [1.165, 1.54) is 0 Å². The second-order valence-electron chi connectivity index (χ2n) is 4.01. The molecule has 0 spiro atoms. The van der Waals surface area contributed by atoms with Crippen LogP contribution < -0.4 is 10.6 Å². The van der Waals surface area contributed by atoms with Crippen molar-refractivity contribution in [3.05, 3.63) is 11.8 Å². The Labute approximate surface area is 95.6 Å². The van der Waals surface area contributed by atoms with Gasteiger partial charge in [-0.2, -0.15) is 4.98 Å². The van der Waals surface area contributed by atoms with Crippen LogP contribution in [0, 0.1) is 6.92 Å². The summed E-state index contributed by atoms with van der Waals surface area (Å²) in [6.45, 7) is 3.68. The van der Waals surface area contributed by atoms with Crippen molar-refractivity contribution in [3.63, 3.8) is 0 Å². The quantitative estimate of drug-likeness (QED) is 0.810. The Hall–Kier alpha value is -1.36. The van der Waals surface area contributed by atoms with Gasteiger partial charge in [0.25, 0.3) is 0 Å². The number of hydrogen-bond acceptors (Lipinski definition) is 5. The predicted molar refractivity (Wildman–Crippen MR) is 63.8 cm³/mol. The molecule has 2 heterocycles. The van der Waals surface area contributed by atoms with Gasteiger partial charge in [-0.1, -0.05) is 0 Å². The van der Waals surface area contributed by atoms with Crippen molar-refractivity contribution in [3.8, 4) is 0 Å². The molecule has 1 aromatic heterocycles. The molecule has 0 radical (unpaired) electrons. The van der Waals surface area contributed by atoms with Crippen LogP contribution in [0.3, 0.4) is 0 Å². The molecule has 1 saturated heterocycles. The Balaban J connectivity index is 2.06. The SMILES string of the molecule is CNc1ncc(C)c(NC2CCOCC2)n1. The Morgan fingerprint density at radius 1 is 1.38 bits per heavy atom. The first-order chi connectivity index (χ1) is 7.79. The molecule has 1 aromatic rings. The van der Waals surface area contributed by atoms with Crippen molar-refractivity contribution in [2.24, 2.45) is 0 Å². The molecule has 0 aromatic carbocycles. The van der Waals surface area contributed by atoms with Gasteiger partial charge in [-0.05, 0) is 19.8 Å². The van der Waals surface area contributed by atoms with Gasteiger partial charge in [0.2, 0.25) is 5.95 Å². The highest BCUT2D eigenvalue weighted by atomic mass is 16.5. The average molecular weight is 222 g/mol. The van der Waals surface area contributed by atoms with Crippen LogP contribution in [0.15, 0.2) is 6.20 Å². The monoisotopic (exact) mass is 222 g/mol. The molecule has 0 saturated carbocycles. The molecular weight excluding hydrogens is 204 g/mol. The van der Waals surface area contributed by atoms with Crippen LogP contribution >= 0.6 is 0 Å². The van der Waals surface area contributed by atoms with E-state index in [0.717, 1.165) is 37.4 Å². The van der Waals surface area contributed by atoms with Crippen LogP contribution in [-0.4, -0.2) is 36.3 Å². The first-order valence-corrected chi connectivity index (χ1v) is 5.65. The van der Waals surface area contributed by atoms with E-state index >= 15 is 0 Å². The van der Waals surface area contributed by atoms with Crippen molar-refractivity contribution < 1.29 is 4.74 Å². The summed E-state index contributed by atoms with van der Waals surface area (Å²) in [5.74, 6) is 1.58. The third kappa shape index (κ3) is 2.61. The Morgan fingerprint density at radius 2 is 2.12 bits per heavy atom. The maximum atomic E-state index is 5.33. The van der Waals surface area contributed by atoms with Gasteiger partial charge in [-0.25, -0.2) is 4.98 Å². The molecule has 0 atom stereocenters. The minimum atomic E-state index is 0.465. The number of rotatable bonds is 3. The maximum Gasteiger partial charge on any atom is 0.224 e. The molecule has 5 nitrogen and oxygen atoms in total. The molecule has 0 aliphatic carbocycles. The number of aromatic nitrogens is 2. The average Bonchev–Trinajstić information content (AvgIpc) is 2.33. The topological polar surface area (TPSA) is 59.1 Å². The molecule has 0 bridgehead atoms. The summed E-state index contributed by atoms with van der Waals surface area (Å²) in [7, 11) is 1.82. The largest absolute Gasteiger partial charge is 0.381 e. The van der Waals surface area contributed by atoms with Crippen molar-refractivity contribution in [1.82, 2.24) is 9.97 Å². The van der Waals surface area contributed by atoms with Gasteiger partial charge in [0.1, 0.15) is 5.82 Å². The van der Waals surface area contributed by atoms with Crippen LogP contribution in [-0.2, 0) is 4.74 Å². The van der Waals surface area contributed by atoms with Crippen LogP contribution in [0.4, 0.5) is 11.8 Å². The summed E-state index contributed by atoms with van der Waals surface area (Å²) < 4.78 is 5.33. The zero-order chi connectivity index (χ0) is 11.4. The van der Waals surface area contributed by atoms with Crippen molar-refractivity contribution in [1.29, 1.82) is 0 Å². The summed E-state index contributed by atoms with van der Waals surface area (Å²) in [6, 6.07) is 0.465. The Bertz CT molecular complexity index is 350. The van der Waals surface area contributed by atoms with Gasteiger partial charge < -0.3 is 15.4 Å². The van der Waals surface area contributed by atoms with E-state index in [9.17, 15) is 0 Å². The second kappa shape index (κ2) is 5.12. The lowest BCUT2D eigenvalue weighted by Crippen LogP contribution is -2.28. The third-order valence-corrected chi connectivity index (χ3v) is 2.76. The summed E-state index contributed by atoms with van der Waals surface area (Å²) in [6.07, 6.45) is 3.91. The maximum absolute atomic E-state index is 5.33. The summed E-state index contributed by atoms with van der Waals surface area (Å²) >= 11 is 0. The highest BCUT2D eigenvalue weighted by Gasteiger charge is 2.15. The smallest absolute Gasteiger partial charge is 0.224 e. The number of nitrogens with one attached hydrogen (secondary N) is 2. The molecule has 2 N–H and O–H groups in total. The van der Waals surface area contributed by atoms with Crippen LogP contribution in [0.1, 0.15) is 18.4 Å². The molecule has 1 aliphatic rings. The lowest BCUT2D eigenvalue weighted by molar-refractivity contribution is 0.0904. The standard InChI is InChI=1S/C11H18N4O/c1-8-7-13-11(12-2)15-10(8)14-9-3-5-16-6-4-9/h7,9H,3-6H2,1-2H3,(H2,12,13,14,15). The lowest BCUT2D eigenvalue weighted by atomic mass is 10.1. The molecule has 0 amide bonds. The number of nitrogens with zero attached hydrogens (tertiary/aromatic N) is 2. The van der Waals surface area contributed by atoms with E-state index in [0.29, 0.717) is 12.0 Å². The zero-order valence-corrected chi connectivity index (χ0v) is 9.79. The number of ether oxygens (including phenoxy) is 1. The van der Waals surface area contributed by atoms with Crippen molar-refractivity contribution in [2.45, 2.75) is 25.8 Å². The normalized spacial score (nSPS) is 17.1. The van der Waals surface area contributed by atoms with Crippen molar-refractivity contribution in [2.75, 3.05) is 30.9 Å². The van der Waals surface area contributed by atoms with Gasteiger partial charge in [-0.3, -0.25) is 0 Å². The first kappa shape index (κ1) is 11.1. The van der Waals surface area contributed by atoms with Gasteiger partial charge >= 0.3 is 0 Å². The minimum absolute atomic E-state index is 0.465. The molecule has 0 unspecified atom stereocenters. The highest BCUT2D eigenvalue weighted by molar-refractivity contribution is 5.46. The van der Waals surface area contributed by atoms with Crippen LogP contribution in [0.5, 0.6) is 0 Å². The van der Waals surface area contributed by atoms with Crippen molar-refractivity contribution >= 4 is 11.8 Å². The van der Waals surface area contributed by atoms with E-state index in [1.54, 1.807) is 0 Å². The fourth-order valence-corrected chi connectivity index (χ4v) is 1.74. The minimum Gasteiger partial charge on any atom is -0.381 e. The zero-order valence-electron chi connectivity index (χ0n) is 9.79. The molecule has 1 fully saturated rings. The molecule has 5 heteroatoms. The predicted octanol–water partition coefficient (Wildman–Crippen LogP) is 1.42. The number of aryl methyl sites for hydroxylation is 1. The molecule has 16 heavy (non-hydrogen) atoms. The molecule has 1 aliphatic heterocycles. The Kier molecular flexibility index (Phi) is 3.56. The lowest BCUT2D eigenvalue weighted by Gasteiger charge is -2.24. The van der Waals surface area contributed by atoms with E-state index in [1.807, 2.05) is 20.2 Å². The fourth-order valence-electron chi connectivity index (χ4n) is 1.74.